The molecule has 4 heteroatoms. The lowest BCUT2D eigenvalue weighted by Gasteiger charge is -2.12. The average Bonchev–Trinajstić information content (AvgIpc) is 2.77. The third kappa shape index (κ3) is 4.21. The smallest absolute Gasteiger partial charge is 0.228 e. The number of carbonyl (C=O) groups excluding carboxylic acids is 1. The minimum Gasteiger partial charge on any atom is -0.309 e. The van der Waals surface area contributed by atoms with Crippen molar-refractivity contribution >= 4 is 11.7 Å². The largest absolute Gasteiger partial charge is 0.309 e. The van der Waals surface area contributed by atoms with Gasteiger partial charge < -0.3 is 5.32 Å². The maximum absolute atomic E-state index is 12.0. The van der Waals surface area contributed by atoms with Crippen LogP contribution < -0.4 is 5.32 Å². The molecule has 0 spiro atoms. The number of hydrogen-bond acceptors (Lipinski definition) is 2. The molecule has 0 aromatic carbocycles. The van der Waals surface area contributed by atoms with E-state index in [2.05, 4.69) is 36.3 Å². The Balaban J connectivity index is 2.51. The molecule has 1 atom stereocenters. The van der Waals surface area contributed by atoms with Crippen LogP contribution in [0.2, 0.25) is 0 Å². The maximum Gasteiger partial charge on any atom is 0.228 e. The number of carbonyl (C=O) groups is 1. The molecule has 0 fully saturated rings. The molecular weight excluding hydrogens is 214 g/mol. The summed E-state index contributed by atoms with van der Waals surface area (Å²) < 4.78 is 0. The fourth-order valence-corrected chi connectivity index (χ4v) is 1.81. The van der Waals surface area contributed by atoms with Crippen LogP contribution in [0, 0.1) is 5.92 Å². The topological polar surface area (TPSA) is 57.8 Å². The van der Waals surface area contributed by atoms with E-state index in [0.717, 1.165) is 37.8 Å². The molecule has 1 aromatic heterocycles. The molecule has 1 aromatic rings. The van der Waals surface area contributed by atoms with Crippen molar-refractivity contribution in [1.82, 2.24) is 10.2 Å². The van der Waals surface area contributed by atoms with E-state index in [0.29, 0.717) is 5.82 Å². The number of H-pyrrole nitrogens is 1. The zero-order chi connectivity index (χ0) is 12.7. The Kier molecular flexibility index (Phi) is 5.73. The van der Waals surface area contributed by atoms with Gasteiger partial charge in [0.1, 0.15) is 0 Å². The van der Waals surface area contributed by atoms with Crippen LogP contribution in [0.1, 0.15) is 52.1 Å². The van der Waals surface area contributed by atoms with Crippen LogP contribution in [0.15, 0.2) is 6.07 Å². The van der Waals surface area contributed by atoms with E-state index in [4.69, 9.17) is 0 Å². The summed E-state index contributed by atoms with van der Waals surface area (Å²) in [6.07, 6.45) is 4.98. The fraction of sp³-hybridized carbons (Fsp3) is 0.692. The number of rotatable bonds is 7. The van der Waals surface area contributed by atoms with Gasteiger partial charge in [0.05, 0.1) is 0 Å². The van der Waals surface area contributed by atoms with Gasteiger partial charge in [0.2, 0.25) is 5.91 Å². The van der Waals surface area contributed by atoms with E-state index in [-0.39, 0.29) is 11.8 Å². The molecule has 96 valence electrons. The van der Waals surface area contributed by atoms with Crippen LogP contribution in [0.3, 0.4) is 0 Å². The maximum atomic E-state index is 12.0. The second-order valence-corrected chi connectivity index (χ2v) is 4.37. The molecule has 17 heavy (non-hydrogen) atoms. The minimum absolute atomic E-state index is 0.0927. The molecule has 1 amide bonds. The Hall–Kier alpha value is -1.32. The van der Waals surface area contributed by atoms with Crippen molar-refractivity contribution in [2.24, 2.45) is 5.92 Å². The first-order valence-electron chi connectivity index (χ1n) is 6.56. The third-order valence-electron chi connectivity index (χ3n) is 3.03. The predicted octanol–water partition coefficient (Wildman–Crippen LogP) is 3.13. The van der Waals surface area contributed by atoms with E-state index in [9.17, 15) is 4.79 Å². The van der Waals surface area contributed by atoms with Crippen LogP contribution >= 0.6 is 0 Å². The lowest BCUT2D eigenvalue weighted by Crippen LogP contribution is -2.22. The van der Waals surface area contributed by atoms with Gasteiger partial charge in [-0.1, -0.05) is 33.6 Å². The number of hydrogen-bond donors (Lipinski definition) is 2. The molecule has 2 N–H and O–H groups in total. The molecule has 1 heterocycles. The zero-order valence-corrected chi connectivity index (χ0v) is 11.0. The van der Waals surface area contributed by atoms with Gasteiger partial charge in [0.15, 0.2) is 5.82 Å². The molecule has 1 unspecified atom stereocenters. The van der Waals surface area contributed by atoms with Gasteiger partial charge >= 0.3 is 0 Å². The number of nitrogens with zero attached hydrogens (tertiary/aromatic N) is 1. The number of anilines is 1. The normalized spacial score (nSPS) is 12.4. The minimum atomic E-state index is 0.0927. The Morgan fingerprint density at radius 2 is 2.24 bits per heavy atom. The highest BCUT2D eigenvalue weighted by molar-refractivity contribution is 5.91. The van der Waals surface area contributed by atoms with Crippen LogP contribution in [0.4, 0.5) is 5.82 Å². The molecule has 1 rings (SSSR count). The molecule has 0 aliphatic heterocycles. The highest BCUT2D eigenvalue weighted by atomic mass is 16.1. The highest BCUT2D eigenvalue weighted by Gasteiger charge is 2.16. The van der Waals surface area contributed by atoms with Crippen molar-refractivity contribution in [3.63, 3.8) is 0 Å². The molecule has 0 saturated heterocycles. The highest BCUT2D eigenvalue weighted by Crippen LogP contribution is 2.15. The lowest BCUT2D eigenvalue weighted by atomic mass is 9.98. The molecule has 0 radical (unpaired) electrons. The van der Waals surface area contributed by atoms with Crippen molar-refractivity contribution in [2.45, 2.75) is 52.9 Å². The van der Waals surface area contributed by atoms with E-state index in [1.165, 1.54) is 0 Å². The van der Waals surface area contributed by atoms with E-state index in [1.807, 2.05) is 6.07 Å². The summed E-state index contributed by atoms with van der Waals surface area (Å²) in [6.45, 7) is 6.25. The number of aromatic nitrogens is 2. The second-order valence-electron chi connectivity index (χ2n) is 4.37. The van der Waals surface area contributed by atoms with Crippen LogP contribution in [0.5, 0.6) is 0 Å². The summed E-state index contributed by atoms with van der Waals surface area (Å²) in [5.74, 6) is 0.841. The van der Waals surface area contributed by atoms with Crippen molar-refractivity contribution < 1.29 is 4.79 Å². The van der Waals surface area contributed by atoms with Gasteiger partial charge in [0.25, 0.3) is 0 Å². The molecule has 4 nitrogen and oxygen atoms in total. The number of aryl methyl sites for hydroxylation is 1. The summed E-state index contributed by atoms with van der Waals surface area (Å²) in [6, 6.07) is 1.89. The Labute approximate surface area is 103 Å². The van der Waals surface area contributed by atoms with Gasteiger partial charge in [0, 0.05) is 17.7 Å². The summed E-state index contributed by atoms with van der Waals surface area (Å²) in [5, 5.41) is 9.84. The average molecular weight is 237 g/mol. The standard InChI is InChI=1S/C13H23N3O/c1-4-7-8-10(5-2)13(17)14-12-9-11(6-3)15-16-12/h9-10H,4-8H2,1-3H3,(H2,14,15,16,17). The molecular formula is C13H23N3O. The zero-order valence-electron chi connectivity index (χ0n) is 11.0. The monoisotopic (exact) mass is 237 g/mol. The SMILES string of the molecule is CCCCC(CC)C(=O)Nc1cc(CC)[nH]n1. The quantitative estimate of drug-likeness (QED) is 0.765. The molecule has 0 aliphatic rings. The number of amides is 1. The van der Waals surface area contributed by atoms with Gasteiger partial charge in [-0.2, -0.15) is 5.10 Å². The van der Waals surface area contributed by atoms with Crippen molar-refractivity contribution in [2.75, 3.05) is 5.32 Å². The van der Waals surface area contributed by atoms with E-state index >= 15 is 0 Å². The second kappa shape index (κ2) is 7.09. The summed E-state index contributed by atoms with van der Waals surface area (Å²) in [4.78, 5) is 12.0. The van der Waals surface area contributed by atoms with E-state index in [1.54, 1.807) is 0 Å². The third-order valence-corrected chi connectivity index (χ3v) is 3.03. The molecule has 0 saturated carbocycles. The summed E-state index contributed by atoms with van der Waals surface area (Å²) in [5.41, 5.74) is 1.04. The number of aromatic amines is 1. The number of nitrogens with one attached hydrogen (secondary N) is 2. The lowest BCUT2D eigenvalue weighted by molar-refractivity contribution is -0.120. The van der Waals surface area contributed by atoms with E-state index < -0.39 is 0 Å². The molecule has 0 aliphatic carbocycles. The first-order chi connectivity index (χ1) is 8.21. The first kappa shape index (κ1) is 13.7. The van der Waals surface area contributed by atoms with Gasteiger partial charge in [-0.25, -0.2) is 0 Å². The fourth-order valence-electron chi connectivity index (χ4n) is 1.81. The first-order valence-corrected chi connectivity index (χ1v) is 6.56. The molecule has 0 bridgehead atoms. The van der Waals surface area contributed by atoms with Gasteiger partial charge in [-0.15, -0.1) is 0 Å². The van der Waals surface area contributed by atoms with Crippen molar-refractivity contribution in [3.8, 4) is 0 Å². The van der Waals surface area contributed by atoms with Crippen LogP contribution in [0.25, 0.3) is 0 Å². The number of unbranched alkanes of at least 4 members (excludes halogenated alkanes) is 1. The Bertz CT molecular complexity index is 346. The Morgan fingerprint density at radius 1 is 1.47 bits per heavy atom. The van der Waals surface area contributed by atoms with Crippen molar-refractivity contribution in [1.29, 1.82) is 0 Å². The summed E-state index contributed by atoms with van der Waals surface area (Å²) in [7, 11) is 0. The van der Waals surface area contributed by atoms with Crippen LogP contribution in [-0.4, -0.2) is 16.1 Å². The Morgan fingerprint density at radius 3 is 2.76 bits per heavy atom. The van der Waals surface area contributed by atoms with Crippen molar-refractivity contribution in [3.05, 3.63) is 11.8 Å². The van der Waals surface area contributed by atoms with Gasteiger partial charge in [-0.3, -0.25) is 9.89 Å². The summed E-state index contributed by atoms with van der Waals surface area (Å²) >= 11 is 0. The predicted molar refractivity (Wildman–Crippen MR) is 69.9 cm³/mol. The van der Waals surface area contributed by atoms with Gasteiger partial charge in [-0.05, 0) is 19.3 Å². The van der Waals surface area contributed by atoms with Crippen LogP contribution in [-0.2, 0) is 11.2 Å².